The maximum absolute atomic E-state index is 12.6. The molecule has 162 valence electrons. The lowest BCUT2D eigenvalue weighted by atomic mass is 10.1. The Morgan fingerprint density at radius 3 is 2.33 bits per heavy atom. The van der Waals surface area contributed by atoms with Crippen molar-refractivity contribution in [2.45, 2.75) is 0 Å². The van der Waals surface area contributed by atoms with E-state index in [9.17, 15) is 4.79 Å². The zero-order chi connectivity index (χ0) is 22.8. The van der Waals surface area contributed by atoms with Crippen LogP contribution in [-0.2, 0) is 4.79 Å². The molecule has 0 spiro atoms. The lowest BCUT2D eigenvalue weighted by molar-refractivity contribution is -0.118. The van der Waals surface area contributed by atoms with Crippen LogP contribution in [0.5, 0.6) is 0 Å². The third kappa shape index (κ3) is 4.39. The number of rotatable bonds is 4. The van der Waals surface area contributed by atoms with Gasteiger partial charge in [0, 0.05) is 27.9 Å². The average Bonchev–Trinajstić information content (AvgIpc) is 3.26. The highest BCUT2D eigenvalue weighted by molar-refractivity contribution is 6.37. The minimum atomic E-state index is -0.365. The van der Waals surface area contributed by atoms with E-state index in [1.165, 1.54) is 0 Å². The van der Waals surface area contributed by atoms with Crippen LogP contribution in [0.2, 0.25) is 10.0 Å². The summed E-state index contributed by atoms with van der Waals surface area (Å²) < 4.78 is 1.79. The van der Waals surface area contributed by atoms with Crippen LogP contribution in [0, 0.1) is 0 Å². The summed E-state index contributed by atoms with van der Waals surface area (Å²) in [7, 11) is 0. The van der Waals surface area contributed by atoms with Gasteiger partial charge in [0.15, 0.2) is 5.84 Å². The maximum Gasteiger partial charge on any atom is 0.288 e. The summed E-state index contributed by atoms with van der Waals surface area (Å²) >= 11 is 12.3. The molecule has 1 aliphatic heterocycles. The van der Waals surface area contributed by atoms with Crippen LogP contribution in [-0.4, -0.2) is 21.5 Å². The van der Waals surface area contributed by atoms with Gasteiger partial charge in [0.05, 0.1) is 10.7 Å². The predicted molar refractivity (Wildman–Crippen MR) is 131 cm³/mol. The molecule has 1 aliphatic rings. The highest BCUT2D eigenvalue weighted by Crippen LogP contribution is 2.27. The molecule has 0 radical (unpaired) electrons. The number of hydrogen-bond acceptors (Lipinski definition) is 4. The van der Waals surface area contributed by atoms with Crippen LogP contribution in [0.25, 0.3) is 23.0 Å². The molecule has 5 rings (SSSR count). The summed E-state index contributed by atoms with van der Waals surface area (Å²) in [4.78, 5) is 17.1. The van der Waals surface area contributed by atoms with Crippen molar-refractivity contribution < 1.29 is 4.79 Å². The maximum atomic E-state index is 12.6. The van der Waals surface area contributed by atoms with Gasteiger partial charge < -0.3 is 0 Å². The van der Waals surface area contributed by atoms with E-state index in [1.807, 2.05) is 66.9 Å². The smallest absolute Gasteiger partial charge is 0.281 e. The van der Waals surface area contributed by atoms with E-state index in [-0.39, 0.29) is 11.6 Å². The Morgan fingerprint density at radius 1 is 0.879 bits per heavy atom. The topological polar surface area (TPSA) is 71.3 Å². The zero-order valence-electron chi connectivity index (χ0n) is 17.2. The monoisotopic (exact) mass is 473 g/mol. The molecule has 0 atom stereocenters. The lowest BCUT2D eigenvalue weighted by Crippen LogP contribution is -2.46. The van der Waals surface area contributed by atoms with E-state index in [1.54, 1.807) is 29.0 Å². The van der Waals surface area contributed by atoms with Crippen LogP contribution in [0.3, 0.4) is 0 Å². The number of carbonyl (C=O) groups excluding carboxylic acids is 1. The summed E-state index contributed by atoms with van der Waals surface area (Å²) in [5, 5.41) is 5.72. The number of nitrogens with zero attached hydrogens (tertiary/aromatic N) is 3. The molecule has 4 aromatic rings. The number of benzene rings is 3. The van der Waals surface area contributed by atoms with Crippen LogP contribution >= 0.6 is 23.2 Å². The van der Waals surface area contributed by atoms with Gasteiger partial charge in [0.25, 0.3) is 5.91 Å². The first-order valence-corrected chi connectivity index (χ1v) is 10.9. The quantitative estimate of drug-likeness (QED) is 0.396. The van der Waals surface area contributed by atoms with Crippen molar-refractivity contribution in [3.8, 4) is 16.9 Å². The average molecular weight is 474 g/mol. The van der Waals surface area contributed by atoms with E-state index in [4.69, 9.17) is 28.3 Å². The second-order valence-corrected chi connectivity index (χ2v) is 8.12. The molecule has 33 heavy (non-hydrogen) atoms. The van der Waals surface area contributed by atoms with Crippen molar-refractivity contribution in [3.63, 3.8) is 0 Å². The third-order valence-electron chi connectivity index (χ3n) is 5.05. The predicted octanol–water partition coefficient (Wildman–Crippen LogP) is 5.27. The summed E-state index contributed by atoms with van der Waals surface area (Å²) in [6.45, 7) is 0. The lowest BCUT2D eigenvalue weighted by Gasteiger charge is -2.18. The summed E-state index contributed by atoms with van der Waals surface area (Å²) in [6, 6.07) is 24.7. The Hall–Kier alpha value is -3.87. The molecular formula is C25H17Cl2N5O. The van der Waals surface area contributed by atoms with Crippen LogP contribution in [0.1, 0.15) is 11.1 Å². The minimum absolute atomic E-state index is 0.222. The Labute approximate surface area is 200 Å². The number of para-hydroxylation sites is 1. The SMILES string of the molecule is O=C1NNC(c2ccc(Cl)cc2Cl)=N/C1=C/c1cn(-c2ccccc2)nc1-c1ccccc1. The number of carbonyl (C=O) groups is 1. The number of hydrogen-bond donors (Lipinski definition) is 2. The summed E-state index contributed by atoms with van der Waals surface area (Å²) in [6.07, 6.45) is 3.60. The number of halogens is 2. The van der Waals surface area contributed by atoms with Gasteiger partial charge in [-0.25, -0.2) is 9.67 Å². The summed E-state index contributed by atoms with van der Waals surface area (Å²) in [5.41, 5.74) is 9.60. The Kier molecular flexibility index (Phi) is 5.69. The molecule has 3 aromatic carbocycles. The van der Waals surface area contributed by atoms with Gasteiger partial charge in [0.1, 0.15) is 11.4 Å². The van der Waals surface area contributed by atoms with Gasteiger partial charge in [-0.1, -0.05) is 71.7 Å². The third-order valence-corrected chi connectivity index (χ3v) is 5.60. The zero-order valence-corrected chi connectivity index (χ0v) is 18.7. The van der Waals surface area contributed by atoms with Crippen LogP contribution in [0.15, 0.2) is 95.7 Å². The molecule has 0 aliphatic carbocycles. The van der Waals surface area contributed by atoms with Crippen molar-refractivity contribution in [1.82, 2.24) is 20.6 Å². The molecule has 2 N–H and O–H groups in total. The minimum Gasteiger partial charge on any atom is -0.281 e. The molecule has 0 saturated carbocycles. The molecule has 0 fully saturated rings. The van der Waals surface area contributed by atoms with Crippen LogP contribution < -0.4 is 10.9 Å². The first-order chi connectivity index (χ1) is 16.1. The summed E-state index contributed by atoms with van der Waals surface area (Å²) in [5.74, 6) is 0.0505. The molecule has 0 unspecified atom stereocenters. The standard InChI is InChI=1S/C25H17Cl2N5O/c26-18-11-12-20(21(27)14-18)24-28-22(25(33)30-29-24)13-17-15-32(19-9-5-2-6-10-19)31-23(17)16-7-3-1-4-8-16/h1-15H,(H,28,29)(H,30,33)/b22-13+. The largest absolute Gasteiger partial charge is 0.288 e. The van der Waals surface area contributed by atoms with Crippen LogP contribution in [0.4, 0.5) is 0 Å². The Bertz CT molecular complexity index is 1400. The fraction of sp³-hybridized carbons (Fsp3) is 0. The normalized spacial score (nSPS) is 14.5. The second-order valence-electron chi connectivity index (χ2n) is 7.27. The van der Waals surface area contributed by atoms with Crippen molar-refractivity contribution in [3.05, 3.63) is 112 Å². The van der Waals surface area contributed by atoms with Gasteiger partial charge in [-0.15, -0.1) is 0 Å². The Balaban J connectivity index is 1.62. The number of amidine groups is 1. The van der Waals surface area contributed by atoms with E-state index in [2.05, 4.69) is 15.8 Å². The highest BCUT2D eigenvalue weighted by Gasteiger charge is 2.21. The number of aromatic nitrogens is 2. The first-order valence-electron chi connectivity index (χ1n) is 10.1. The first kappa shape index (κ1) is 21.0. The van der Waals surface area contributed by atoms with Gasteiger partial charge in [-0.3, -0.25) is 15.6 Å². The molecular weight excluding hydrogens is 457 g/mol. The van der Waals surface area contributed by atoms with Crippen molar-refractivity contribution in [2.75, 3.05) is 0 Å². The molecule has 0 bridgehead atoms. The van der Waals surface area contributed by atoms with Gasteiger partial charge in [-0.2, -0.15) is 5.10 Å². The second kappa shape index (κ2) is 8.94. The van der Waals surface area contributed by atoms with Crippen molar-refractivity contribution >= 4 is 41.0 Å². The molecule has 1 amide bonds. The van der Waals surface area contributed by atoms with Gasteiger partial charge in [0.2, 0.25) is 0 Å². The number of amides is 1. The van der Waals surface area contributed by atoms with E-state index < -0.39 is 0 Å². The molecule has 8 heteroatoms. The molecule has 6 nitrogen and oxygen atoms in total. The fourth-order valence-corrected chi connectivity index (χ4v) is 3.96. The number of aliphatic imine (C=N–C) groups is 1. The van der Waals surface area contributed by atoms with E-state index >= 15 is 0 Å². The number of hydrazine groups is 1. The van der Waals surface area contributed by atoms with Gasteiger partial charge in [-0.05, 0) is 36.4 Å². The molecule has 1 aromatic heterocycles. The highest BCUT2D eigenvalue weighted by atomic mass is 35.5. The number of nitrogens with one attached hydrogen (secondary N) is 2. The van der Waals surface area contributed by atoms with E-state index in [0.29, 0.717) is 21.4 Å². The van der Waals surface area contributed by atoms with E-state index in [0.717, 1.165) is 22.5 Å². The Morgan fingerprint density at radius 2 is 1.61 bits per heavy atom. The van der Waals surface area contributed by atoms with Crippen molar-refractivity contribution in [1.29, 1.82) is 0 Å². The molecule has 2 heterocycles. The molecule has 0 saturated heterocycles. The van der Waals surface area contributed by atoms with Gasteiger partial charge >= 0.3 is 0 Å². The fourth-order valence-electron chi connectivity index (χ4n) is 3.46. The van der Waals surface area contributed by atoms with Crippen molar-refractivity contribution in [2.24, 2.45) is 4.99 Å².